The van der Waals surface area contributed by atoms with Crippen molar-refractivity contribution in [2.45, 2.75) is 38.9 Å². The van der Waals surface area contributed by atoms with Crippen molar-refractivity contribution < 1.29 is 19.1 Å². The van der Waals surface area contributed by atoms with E-state index in [2.05, 4.69) is 0 Å². The second kappa shape index (κ2) is 5.83. The van der Waals surface area contributed by atoms with E-state index in [9.17, 15) is 14.4 Å². The van der Waals surface area contributed by atoms with Crippen LogP contribution < -0.4 is 0 Å². The van der Waals surface area contributed by atoms with E-state index in [4.69, 9.17) is 4.74 Å². The molecule has 4 atom stereocenters. The Hall–Kier alpha value is -1.69. The van der Waals surface area contributed by atoms with Gasteiger partial charge in [-0.05, 0) is 26.7 Å². The van der Waals surface area contributed by atoms with E-state index in [1.807, 2.05) is 26.0 Å². The summed E-state index contributed by atoms with van der Waals surface area (Å²) in [6.45, 7) is 4.72. The van der Waals surface area contributed by atoms with Gasteiger partial charge in [-0.2, -0.15) is 0 Å². The molecule has 0 aromatic heterocycles. The number of carbonyl (C=O) groups excluding carboxylic acids is 3. The van der Waals surface area contributed by atoms with E-state index >= 15 is 0 Å². The van der Waals surface area contributed by atoms with Crippen molar-refractivity contribution >= 4 is 17.7 Å². The van der Waals surface area contributed by atoms with E-state index in [1.54, 1.807) is 4.90 Å². The number of fused-ring (bicyclic) bond motifs is 1. The van der Waals surface area contributed by atoms with E-state index in [1.165, 1.54) is 0 Å². The Morgan fingerprint density at radius 2 is 1.59 bits per heavy atom. The molecule has 0 aromatic carbocycles. The zero-order valence-electron chi connectivity index (χ0n) is 13.0. The van der Waals surface area contributed by atoms with Crippen LogP contribution in [0.15, 0.2) is 12.2 Å². The topological polar surface area (TPSA) is 66.9 Å². The van der Waals surface area contributed by atoms with Gasteiger partial charge in [0.1, 0.15) is 6.54 Å². The number of allylic oxidation sites excluding steroid dienone is 2. The predicted molar refractivity (Wildman–Crippen MR) is 78.7 cm³/mol. The third kappa shape index (κ3) is 2.67. The molecule has 2 fully saturated rings. The summed E-state index contributed by atoms with van der Waals surface area (Å²) in [4.78, 5) is 40.1. The van der Waals surface area contributed by atoms with Crippen LogP contribution in [-0.4, -0.2) is 59.4 Å². The summed E-state index contributed by atoms with van der Waals surface area (Å²) in [6, 6.07) is 0. The normalized spacial score (nSPS) is 35.0. The zero-order valence-corrected chi connectivity index (χ0v) is 13.0. The van der Waals surface area contributed by atoms with E-state index in [0.29, 0.717) is 25.9 Å². The lowest BCUT2D eigenvalue weighted by Gasteiger charge is -2.35. The molecule has 3 aliphatic rings. The molecular formula is C16H22N2O4. The molecule has 3 rings (SSSR count). The van der Waals surface area contributed by atoms with Crippen molar-refractivity contribution in [2.24, 2.45) is 11.8 Å². The van der Waals surface area contributed by atoms with Gasteiger partial charge < -0.3 is 9.64 Å². The van der Waals surface area contributed by atoms with Crippen LogP contribution in [-0.2, 0) is 19.1 Å². The zero-order chi connectivity index (χ0) is 15.9. The Bertz CT molecular complexity index is 494. The molecule has 6 heteroatoms. The van der Waals surface area contributed by atoms with Crippen LogP contribution in [0.4, 0.5) is 0 Å². The molecule has 0 spiro atoms. The van der Waals surface area contributed by atoms with Gasteiger partial charge in [0.05, 0.1) is 24.0 Å². The number of hydrogen-bond donors (Lipinski definition) is 0. The predicted octanol–water partition coefficient (Wildman–Crippen LogP) is 0.573. The maximum absolute atomic E-state index is 12.5. The molecule has 4 unspecified atom stereocenters. The van der Waals surface area contributed by atoms with Crippen LogP contribution in [0.3, 0.4) is 0 Å². The highest BCUT2D eigenvalue weighted by Gasteiger charge is 2.48. The Morgan fingerprint density at radius 1 is 1.09 bits per heavy atom. The van der Waals surface area contributed by atoms with Gasteiger partial charge in [-0.25, -0.2) is 0 Å². The number of rotatable bonds is 2. The molecule has 3 amide bonds. The summed E-state index contributed by atoms with van der Waals surface area (Å²) < 4.78 is 5.61. The van der Waals surface area contributed by atoms with Crippen LogP contribution in [0, 0.1) is 11.8 Å². The fourth-order valence-electron chi connectivity index (χ4n) is 3.64. The largest absolute Gasteiger partial charge is 0.372 e. The summed E-state index contributed by atoms with van der Waals surface area (Å²) in [7, 11) is 0. The van der Waals surface area contributed by atoms with Gasteiger partial charge in [-0.3, -0.25) is 19.3 Å². The Morgan fingerprint density at radius 3 is 2.09 bits per heavy atom. The van der Waals surface area contributed by atoms with Gasteiger partial charge in [0.2, 0.25) is 17.7 Å². The van der Waals surface area contributed by atoms with Crippen molar-refractivity contribution in [2.75, 3.05) is 19.6 Å². The lowest BCUT2D eigenvalue weighted by Crippen LogP contribution is -2.51. The molecule has 2 saturated heterocycles. The fraction of sp³-hybridized carbons (Fsp3) is 0.688. The summed E-state index contributed by atoms with van der Waals surface area (Å²) >= 11 is 0. The van der Waals surface area contributed by atoms with Gasteiger partial charge in [-0.1, -0.05) is 12.2 Å². The minimum atomic E-state index is -0.271. The quantitative estimate of drug-likeness (QED) is 0.553. The monoisotopic (exact) mass is 306 g/mol. The molecule has 0 saturated carbocycles. The molecule has 2 heterocycles. The highest BCUT2D eigenvalue weighted by atomic mass is 16.5. The molecule has 0 radical (unpaired) electrons. The first kappa shape index (κ1) is 15.2. The van der Waals surface area contributed by atoms with Crippen molar-refractivity contribution in [1.82, 2.24) is 9.80 Å². The van der Waals surface area contributed by atoms with E-state index in [0.717, 1.165) is 4.90 Å². The molecule has 6 nitrogen and oxygen atoms in total. The number of amides is 3. The van der Waals surface area contributed by atoms with Crippen molar-refractivity contribution in [1.29, 1.82) is 0 Å². The van der Waals surface area contributed by atoms with Crippen LogP contribution >= 0.6 is 0 Å². The highest BCUT2D eigenvalue weighted by Crippen LogP contribution is 2.34. The standard InChI is InChI=1S/C16H22N2O4/c1-10-7-17(8-11(2)22-10)14(19)9-18-15(20)12-5-3-4-6-13(12)16(18)21/h3-4,10-13H,5-9H2,1-2H3. The van der Waals surface area contributed by atoms with Gasteiger partial charge in [-0.15, -0.1) is 0 Å². The summed E-state index contributed by atoms with van der Waals surface area (Å²) in [5, 5.41) is 0. The second-order valence-corrected chi connectivity index (χ2v) is 6.47. The Labute approximate surface area is 130 Å². The maximum atomic E-state index is 12.5. The number of likely N-dealkylation sites (tertiary alicyclic amines) is 1. The minimum Gasteiger partial charge on any atom is -0.372 e. The Kier molecular flexibility index (Phi) is 4.04. The first-order chi connectivity index (χ1) is 10.5. The molecular weight excluding hydrogens is 284 g/mol. The van der Waals surface area contributed by atoms with Crippen LogP contribution in [0.25, 0.3) is 0 Å². The number of nitrogens with zero attached hydrogens (tertiary/aromatic N) is 2. The summed E-state index contributed by atoms with van der Waals surface area (Å²) in [5.41, 5.74) is 0. The lowest BCUT2D eigenvalue weighted by atomic mass is 9.85. The van der Waals surface area contributed by atoms with Crippen molar-refractivity contribution in [3.63, 3.8) is 0 Å². The van der Waals surface area contributed by atoms with Crippen LogP contribution in [0.5, 0.6) is 0 Å². The molecule has 0 N–H and O–H groups in total. The average molecular weight is 306 g/mol. The van der Waals surface area contributed by atoms with Gasteiger partial charge in [0.15, 0.2) is 0 Å². The minimum absolute atomic E-state index is 0.0236. The Balaban J connectivity index is 1.66. The molecule has 0 bridgehead atoms. The second-order valence-electron chi connectivity index (χ2n) is 6.47. The summed E-state index contributed by atoms with van der Waals surface area (Å²) in [5.74, 6) is -1.10. The van der Waals surface area contributed by atoms with Crippen molar-refractivity contribution in [3.8, 4) is 0 Å². The van der Waals surface area contributed by atoms with Gasteiger partial charge in [0.25, 0.3) is 0 Å². The third-order valence-electron chi connectivity index (χ3n) is 4.66. The van der Waals surface area contributed by atoms with Gasteiger partial charge >= 0.3 is 0 Å². The number of hydrogen-bond acceptors (Lipinski definition) is 4. The highest BCUT2D eigenvalue weighted by molar-refractivity contribution is 6.07. The van der Waals surface area contributed by atoms with E-state index < -0.39 is 0 Å². The van der Waals surface area contributed by atoms with Crippen molar-refractivity contribution in [3.05, 3.63) is 12.2 Å². The van der Waals surface area contributed by atoms with Crippen LogP contribution in [0.2, 0.25) is 0 Å². The average Bonchev–Trinajstić information content (AvgIpc) is 2.72. The molecule has 0 aromatic rings. The molecule has 2 aliphatic heterocycles. The molecule has 1 aliphatic carbocycles. The lowest BCUT2D eigenvalue weighted by molar-refractivity contribution is -0.151. The smallest absolute Gasteiger partial charge is 0.242 e. The first-order valence-electron chi connectivity index (χ1n) is 7.91. The molecule has 120 valence electrons. The maximum Gasteiger partial charge on any atom is 0.242 e. The number of ether oxygens (including phenoxy) is 1. The van der Waals surface area contributed by atoms with E-state index in [-0.39, 0.29) is 48.3 Å². The fourth-order valence-corrected chi connectivity index (χ4v) is 3.64. The number of imide groups is 1. The SMILES string of the molecule is CC1CN(C(=O)CN2C(=O)C3CC=CCC3C2=O)CC(C)O1. The number of carbonyl (C=O) groups is 3. The van der Waals surface area contributed by atoms with Gasteiger partial charge in [0, 0.05) is 13.1 Å². The van der Waals surface area contributed by atoms with Crippen LogP contribution in [0.1, 0.15) is 26.7 Å². The summed E-state index contributed by atoms with van der Waals surface area (Å²) in [6.07, 6.45) is 5.05. The first-order valence-corrected chi connectivity index (χ1v) is 7.91. The number of morpholine rings is 1. The third-order valence-corrected chi connectivity index (χ3v) is 4.66. The molecule has 22 heavy (non-hydrogen) atoms.